The minimum Gasteiger partial charge on any atom is -0.376 e. The molecular weight excluding hydrogens is 252 g/mol. The van der Waals surface area contributed by atoms with Crippen molar-refractivity contribution in [2.24, 2.45) is 0 Å². The summed E-state index contributed by atoms with van der Waals surface area (Å²) in [6.07, 6.45) is 9.40. The van der Waals surface area contributed by atoms with Gasteiger partial charge in [0.05, 0.1) is 12.6 Å². The molecule has 1 aliphatic carbocycles. The van der Waals surface area contributed by atoms with Gasteiger partial charge in [-0.2, -0.15) is 0 Å². The summed E-state index contributed by atoms with van der Waals surface area (Å²) in [7, 11) is 0. The van der Waals surface area contributed by atoms with Gasteiger partial charge in [0.15, 0.2) is 0 Å². The topological polar surface area (TPSA) is 43.3 Å². The molecule has 1 atom stereocenters. The van der Waals surface area contributed by atoms with E-state index in [4.69, 9.17) is 4.74 Å². The van der Waals surface area contributed by atoms with Crippen molar-refractivity contribution in [2.75, 3.05) is 6.61 Å². The van der Waals surface area contributed by atoms with E-state index in [2.05, 4.69) is 5.32 Å². The van der Waals surface area contributed by atoms with Gasteiger partial charge in [0.2, 0.25) is 0 Å². The van der Waals surface area contributed by atoms with E-state index in [1.165, 1.54) is 25.7 Å². The Morgan fingerprint density at radius 2 is 2.10 bits per heavy atom. The van der Waals surface area contributed by atoms with Gasteiger partial charge in [0.1, 0.15) is 0 Å². The van der Waals surface area contributed by atoms with Crippen molar-refractivity contribution in [1.29, 1.82) is 0 Å². The van der Waals surface area contributed by atoms with Crippen LogP contribution in [0.25, 0.3) is 0 Å². The maximum atomic E-state index is 12.4. The third-order valence-corrected chi connectivity index (χ3v) is 4.46. The van der Waals surface area contributed by atoms with E-state index >= 15 is 0 Å². The Balaban J connectivity index is 1.63. The number of nitrogens with one attached hydrogen (secondary N) is 1. The molecule has 20 heavy (non-hydrogen) atoms. The molecule has 2 aliphatic rings. The first-order valence-corrected chi connectivity index (χ1v) is 7.86. The van der Waals surface area contributed by atoms with E-state index in [-0.39, 0.29) is 11.7 Å². The van der Waals surface area contributed by atoms with E-state index in [1.54, 1.807) is 0 Å². The molecule has 1 saturated carbocycles. The fourth-order valence-electron chi connectivity index (χ4n) is 3.26. The third kappa shape index (κ3) is 3.30. The average Bonchev–Trinajstić information content (AvgIpc) is 3.13. The Labute approximate surface area is 120 Å². The Morgan fingerprint density at radius 3 is 2.85 bits per heavy atom. The standard InChI is InChI=1S/C16H24N2O2/c19-16-13(11-17-14-6-1-2-7-14)5-3-9-18(16)12-15-8-4-10-20-15/h3,5,9,14-15,17H,1-2,4,6-8,10-12H2. The molecule has 0 bridgehead atoms. The van der Waals surface area contributed by atoms with Crippen LogP contribution in [-0.2, 0) is 17.8 Å². The zero-order valence-corrected chi connectivity index (χ0v) is 12.0. The second kappa shape index (κ2) is 6.55. The lowest BCUT2D eigenvalue weighted by molar-refractivity contribution is 0.0961. The van der Waals surface area contributed by atoms with Gasteiger partial charge in [-0.15, -0.1) is 0 Å². The molecule has 4 nitrogen and oxygen atoms in total. The van der Waals surface area contributed by atoms with Crippen molar-refractivity contribution in [3.8, 4) is 0 Å². The van der Waals surface area contributed by atoms with Crippen LogP contribution in [0.5, 0.6) is 0 Å². The molecule has 1 N–H and O–H groups in total. The molecule has 0 aromatic carbocycles. The number of hydrogen-bond acceptors (Lipinski definition) is 3. The van der Waals surface area contributed by atoms with Crippen LogP contribution in [0.2, 0.25) is 0 Å². The van der Waals surface area contributed by atoms with Crippen LogP contribution in [-0.4, -0.2) is 23.3 Å². The van der Waals surface area contributed by atoms with Crippen LogP contribution in [0, 0.1) is 0 Å². The Kier molecular flexibility index (Phi) is 4.53. The highest BCUT2D eigenvalue weighted by Crippen LogP contribution is 2.18. The van der Waals surface area contributed by atoms with E-state index in [0.29, 0.717) is 19.1 Å². The van der Waals surface area contributed by atoms with Crippen LogP contribution in [0.3, 0.4) is 0 Å². The summed E-state index contributed by atoms with van der Waals surface area (Å²) in [6.45, 7) is 2.22. The lowest BCUT2D eigenvalue weighted by atomic mass is 10.2. The highest BCUT2D eigenvalue weighted by molar-refractivity contribution is 5.10. The Bertz CT molecular complexity index is 485. The zero-order valence-electron chi connectivity index (χ0n) is 12.0. The molecule has 0 radical (unpaired) electrons. The third-order valence-electron chi connectivity index (χ3n) is 4.46. The fraction of sp³-hybridized carbons (Fsp3) is 0.688. The number of pyridine rings is 1. The summed E-state index contributed by atoms with van der Waals surface area (Å²) in [5, 5.41) is 3.51. The van der Waals surface area contributed by atoms with Crippen LogP contribution in [0.1, 0.15) is 44.1 Å². The monoisotopic (exact) mass is 276 g/mol. The lowest BCUT2D eigenvalue weighted by Gasteiger charge is -2.14. The minimum atomic E-state index is 0.133. The SMILES string of the molecule is O=c1c(CNC2CCCC2)cccn1CC1CCCO1. The normalized spacial score (nSPS) is 23.5. The first-order valence-electron chi connectivity index (χ1n) is 7.86. The Hall–Kier alpha value is -1.13. The van der Waals surface area contributed by atoms with Gasteiger partial charge in [-0.1, -0.05) is 18.9 Å². The minimum absolute atomic E-state index is 0.133. The summed E-state index contributed by atoms with van der Waals surface area (Å²) < 4.78 is 7.42. The molecule has 110 valence electrons. The predicted molar refractivity (Wildman–Crippen MR) is 78.8 cm³/mol. The molecule has 1 aromatic rings. The van der Waals surface area contributed by atoms with Gasteiger partial charge in [0, 0.05) is 31.0 Å². The number of nitrogens with zero attached hydrogens (tertiary/aromatic N) is 1. The van der Waals surface area contributed by atoms with Gasteiger partial charge < -0.3 is 14.6 Å². The second-order valence-electron chi connectivity index (χ2n) is 5.99. The largest absolute Gasteiger partial charge is 0.376 e. The molecule has 0 spiro atoms. The molecule has 2 fully saturated rings. The van der Waals surface area contributed by atoms with Crippen molar-refractivity contribution >= 4 is 0 Å². The molecule has 0 amide bonds. The summed E-state index contributed by atoms with van der Waals surface area (Å²) >= 11 is 0. The number of rotatable bonds is 5. The van der Waals surface area contributed by atoms with Gasteiger partial charge in [0.25, 0.3) is 5.56 Å². The molecule has 1 aromatic heterocycles. The molecule has 2 heterocycles. The predicted octanol–water partition coefficient (Wildman–Crippen LogP) is 2.06. The van der Waals surface area contributed by atoms with Crippen LogP contribution >= 0.6 is 0 Å². The van der Waals surface area contributed by atoms with Crippen LogP contribution in [0.4, 0.5) is 0 Å². The van der Waals surface area contributed by atoms with E-state index in [1.807, 2.05) is 22.9 Å². The van der Waals surface area contributed by atoms with Gasteiger partial charge in [-0.3, -0.25) is 4.79 Å². The van der Waals surface area contributed by atoms with E-state index in [9.17, 15) is 4.79 Å². The van der Waals surface area contributed by atoms with Crippen molar-refractivity contribution in [2.45, 2.75) is 63.8 Å². The van der Waals surface area contributed by atoms with Crippen LogP contribution < -0.4 is 10.9 Å². The van der Waals surface area contributed by atoms with Gasteiger partial charge in [-0.05, 0) is 31.7 Å². The summed E-state index contributed by atoms with van der Waals surface area (Å²) in [4.78, 5) is 12.4. The maximum Gasteiger partial charge on any atom is 0.255 e. The maximum absolute atomic E-state index is 12.4. The quantitative estimate of drug-likeness (QED) is 0.895. The lowest BCUT2D eigenvalue weighted by Crippen LogP contribution is -2.32. The molecule has 4 heteroatoms. The summed E-state index contributed by atoms with van der Waals surface area (Å²) in [5.41, 5.74) is 1.01. The number of aromatic nitrogens is 1. The van der Waals surface area contributed by atoms with Crippen molar-refractivity contribution in [1.82, 2.24) is 9.88 Å². The summed E-state index contributed by atoms with van der Waals surface area (Å²) in [5.74, 6) is 0. The highest BCUT2D eigenvalue weighted by Gasteiger charge is 2.18. The zero-order chi connectivity index (χ0) is 13.8. The highest BCUT2D eigenvalue weighted by atomic mass is 16.5. The van der Waals surface area contributed by atoms with Crippen LogP contribution in [0.15, 0.2) is 23.1 Å². The van der Waals surface area contributed by atoms with Crippen molar-refractivity contribution in [3.05, 3.63) is 34.2 Å². The first kappa shape index (κ1) is 13.8. The summed E-state index contributed by atoms with van der Waals surface area (Å²) in [6, 6.07) is 4.51. The number of ether oxygens (including phenoxy) is 1. The van der Waals surface area contributed by atoms with E-state index < -0.39 is 0 Å². The molecular formula is C16H24N2O2. The smallest absolute Gasteiger partial charge is 0.255 e. The first-order chi connectivity index (χ1) is 9.83. The van der Waals surface area contributed by atoms with E-state index in [0.717, 1.165) is 25.0 Å². The van der Waals surface area contributed by atoms with Gasteiger partial charge >= 0.3 is 0 Å². The fourth-order valence-corrected chi connectivity index (χ4v) is 3.26. The van der Waals surface area contributed by atoms with Crippen molar-refractivity contribution < 1.29 is 4.74 Å². The Morgan fingerprint density at radius 1 is 1.25 bits per heavy atom. The second-order valence-corrected chi connectivity index (χ2v) is 5.99. The molecule has 1 unspecified atom stereocenters. The molecule has 1 aliphatic heterocycles. The van der Waals surface area contributed by atoms with Crippen molar-refractivity contribution in [3.63, 3.8) is 0 Å². The molecule has 1 saturated heterocycles. The van der Waals surface area contributed by atoms with Gasteiger partial charge in [-0.25, -0.2) is 0 Å². The molecule has 3 rings (SSSR count). The average molecular weight is 276 g/mol. The number of hydrogen-bond donors (Lipinski definition) is 1.